The summed E-state index contributed by atoms with van der Waals surface area (Å²) < 4.78 is 12.6. The molecular formula is C6H11F. The normalized spacial score (nSPS) is 46.3. The molecule has 0 N–H and O–H groups in total. The van der Waals surface area contributed by atoms with Crippen molar-refractivity contribution in [1.29, 1.82) is 0 Å². The van der Waals surface area contributed by atoms with Gasteiger partial charge in [-0.3, -0.25) is 0 Å². The third-order valence-electron chi connectivity index (χ3n) is 2.06. The van der Waals surface area contributed by atoms with Crippen molar-refractivity contribution in [3.8, 4) is 0 Å². The molecule has 1 atom stereocenters. The van der Waals surface area contributed by atoms with Crippen LogP contribution in [0.5, 0.6) is 0 Å². The molecule has 0 aromatic carbocycles. The summed E-state index contributed by atoms with van der Waals surface area (Å²) in [7, 11) is 0. The first-order chi connectivity index (χ1) is 2.96. The van der Waals surface area contributed by atoms with Gasteiger partial charge in [0, 0.05) is 5.41 Å². The van der Waals surface area contributed by atoms with Gasteiger partial charge in [0.2, 0.25) is 0 Å². The molecule has 0 aromatic rings. The van der Waals surface area contributed by atoms with Crippen LogP contribution in [0.15, 0.2) is 0 Å². The second kappa shape index (κ2) is 0.862. The third-order valence-corrected chi connectivity index (χ3v) is 2.06. The Morgan fingerprint density at radius 1 is 1.29 bits per heavy atom. The minimum Gasteiger partial charge on any atom is -0.244 e. The van der Waals surface area contributed by atoms with Crippen LogP contribution in [0.2, 0.25) is 0 Å². The summed E-state index contributed by atoms with van der Waals surface area (Å²) in [4.78, 5) is 0. The highest BCUT2D eigenvalue weighted by atomic mass is 19.1. The lowest BCUT2D eigenvalue weighted by Gasteiger charge is -2.00. The van der Waals surface area contributed by atoms with Crippen molar-refractivity contribution < 1.29 is 4.39 Å². The van der Waals surface area contributed by atoms with Gasteiger partial charge in [-0.1, -0.05) is 13.8 Å². The smallest absolute Gasteiger partial charge is 0.114 e. The predicted molar refractivity (Wildman–Crippen MR) is 27.9 cm³/mol. The highest BCUT2D eigenvalue weighted by Gasteiger charge is 2.58. The molecule has 0 nitrogen and oxygen atoms in total. The fraction of sp³-hybridized carbons (Fsp3) is 1.00. The molecule has 7 heavy (non-hydrogen) atoms. The summed E-state index contributed by atoms with van der Waals surface area (Å²) in [6.45, 7) is 5.56. The largest absolute Gasteiger partial charge is 0.244 e. The highest BCUT2D eigenvalue weighted by molar-refractivity contribution is 5.07. The van der Waals surface area contributed by atoms with Crippen molar-refractivity contribution in [2.75, 3.05) is 0 Å². The van der Waals surface area contributed by atoms with Crippen LogP contribution in [0.3, 0.4) is 0 Å². The zero-order valence-corrected chi connectivity index (χ0v) is 5.09. The molecule has 1 heteroatoms. The third kappa shape index (κ3) is 0.548. The maximum atomic E-state index is 12.6. The first-order valence-corrected chi connectivity index (χ1v) is 2.65. The Morgan fingerprint density at radius 3 is 1.43 bits per heavy atom. The van der Waals surface area contributed by atoms with Crippen LogP contribution in [-0.4, -0.2) is 5.67 Å². The Morgan fingerprint density at radius 2 is 1.43 bits per heavy atom. The van der Waals surface area contributed by atoms with Gasteiger partial charge in [0.05, 0.1) is 0 Å². The van der Waals surface area contributed by atoms with E-state index >= 15 is 0 Å². The van der Waals surface area contributed by atoms with Crippen LogP contribution < -0.4 is 0 Å². The Labute approximate surface area is 43.7 Å². The van der Waals surface area contributed by atoms with Crippen molar-refractivity contribution in [1.82, 2.24) is 0 Å². The van der Waals surface area contributed by atoms with Crippen LogP contribution in [-0.2, 0) is 0 Å². The lowest BCUT2D eigenvalue weighted by molar-refractivity contribution is 0.271. The van der Waals surface area contributed by atoms with Gasteiger partial charge in [-0.25, -0.2) is 4.39 Å². The Balaban J connectivity index is 2.59. The van der Waals surface area contributed by atoms with E-state index in [4.69, 9.17) is 0 Å². The zero-order chi connectivity index (χ0) is 5.71. The first kappa shape index (κ1) is 5.07. The maximum absolute atomic E-state index is 12.6. The molecule has 0 bridgehead atoms. The van der Waals surface area contributed by atoms with Crippen LogP contribution in [0.1, 0.15) is 27.2 Å². The van der Waals surface area contributed by atoms with E-state index < -0.39 is 5.67 Å². The van der Waals surface area contributed by atoms with Crippen molar-refractivity contribution in [3.05, 3.63) is 0 Å². The Kier molecular flexibility index (Phi) is 0.625. The van der Waals surface area contributed by atoms with Gasteiger partial charge in [0.25, 0.3) is 0 Å². The minimum absolute atomic E-state index is 0.0208. The van der Waals surface area contributed by atoms with Gasteiger partial charge < -0.3 is 0 Å². The van der Waals surface area contributed by atoms with E-state index in [-0.39, 0.29) is 5.41 Å². The van der Waals surface area contributed by atoms with E-state index in [1.165, 1.54) is 0 Å². The summed E-state index contributed by atoms with van der Waals surface area (Å²) in [6.07, 6.45) is 0.736. The molecule has 0 amide bonds. The highest BCUT2D eigenvalue weighted by Crippen LogP contribution is 2.58. The molecule has 0 spiro atoms. The van der Waals surface area contributed by atoms with E-state index in [9.17, 15) is 4.39 Å². The van der Waals surface area contributed by atoms with Gasteiger partial charge in [-0.2, -0.15) is 0 Å². The zero-order valence-electron chi connectivity index (χ0n) is 5.09. The standard InChI is InChI=1S/C6H11F/c1-5(2)4-6(5,3)7/h4H2,1-3H3. The number of halogens is 1. The fourth-order valence-corrected chi connectivity index (χ4v) is 0.786. The molecule has 1 rings (SSSR count). The summed E-state index contributed by atoms with van der Waals surface area (Å²) in [6, 6.07) is 0. The maximum Gasteiger partial charge on any atom is 0.114 e. The monoisotopic (exact) mass is 102 g/mol. The molecular weight excluding hydrogens is 91.1 g/mol. The number of rotatable bonds is 0. The predicted octanol–water partition coefficient (Wildman–Crippen LogP) is 2.14. The van der Waals surface area contributed by atoms with E-state index in [2.05, 4.69) is 0 Å². The molecule has 0 aromatic heterocycles. The van der Waals surface area contributed by atoms with Crippen LogP contribution in [0.4, 0.5) is 4.39 Å². The topological polar surface area (TPSA) is 0 Å². The molecule has 0 aliphatic heterocycles. The van der Waals surface area contributed by atoms with Crippen LogP contribution in [0, 0.1) is 5.41 Å². The first-order valence-electron chi connectivity index (χ1n) is 2.65. The number of hydrogen-bond acceptors (Lipinski definition) is 0. The molecule has 0 radical (unpaired) electrons. The van der Waals surface area contributed by atoms with Crippen molar-refractivity contribution in [3.63, 3.8) is 0 Å². The van der Waals surface area contributed by atoms with E-state index in [1.807, 2.05) is 13.8 Å². The van der Waals surface area contributed by atoms with E-state index in [0.29, 0.717) is 0 Å². The number of alkyl halides is 1. The van der Waals surface area contributed by atoms with Gasteiger partial charge in [0.15, 0.2) is 0 Å². The molecule has 1 aliphatic rings. The Bertz CT molecular complexity index is 80.4. The SMILES string of the molecule is CC1(C)CC1(C)F. The summed E-state index contributed by atoms with van der Waals surface area (Å²) in [5.41, 5.74) is -0.875. The average Bonchev–Trinajstić information content (AvgIpc) is 1.63. The van der Waals surface area contributed by atoms with E-state index in [1.54, 1.807) is 6.92 Å². The van der Waals surface area contributed by atoms with Gasteiger partial charge >= 0.3 is 0 Å². The molecule has 42 valence electrons. The average molecular weight is 102 g/mol. The molecule has 0 saturated heterocycles. The molecule has 1 saturated carbocycles. The fourth-order valence-electron chi connectivity index (χ4n) is 0.786. The molecule has 1 unspecified atom stereocenters. The second-order valence-electron chi connectivity index (χ2n) is 3.26. The van der Waals surface area contributed by atoms with Crippen molar-refractivity contribution in [2.45, 2.75) is 32.9 Å². The Hall–Kier alpha value is -0.0700. The van der Waals surface area contributed by atoms with Crippen molar-refractivity contribution >= 4 is 0 Å². The molecule has 1 aliphatic carbocycles. The molecule has 1 fully saturated rings. The second-order valence-corrected chi connectivity index (χ2v) is 3.26. The van der Waals surface area contributed by atoms with Gasteiger partial charge in [0.1, 0.15) is 5.67 Å². The lowest BCUT2D eigenvalue weighted by Crippen LogP contribution is -2.01. The van der Waals surface area contributed by atoms with Gasteiger partial charge in [-0.15, -0.1) is 0 Å². The lowest BCUT2D eigenvalue weighted by atomic mass is 10.1. The van der Waals surface area contributed by atoms with Crippen molar-refractivity contribution in [2.24, 2.45) is 5.41 Å². The quantitative estimate of drug-likeness (QED) is 0.439. The summed E-state index contributed by atoms with van der Waals surface area (Å²) >= 11 is 0. The number of hydrogen-bond donors (Lipinski definition) is 0. The van der Waals surface area contributed by atoms with Crippen LogP contribution in [0.25, 0.3) is 0 Å². The summed E-state index contributed by atoms with van der Waals surface area (Å²) in [5, 5.41) is 0. The molecule has 0 heterocycles. The van der Waals surface area contributed by atoms with Gasteiger partial charge in [-0.05, 0) is 13.3 Å². The van der Waals surface area contributed by atoms with E-state index in [0.717, 1.165) is 6.42 Å². The van der Waals surface area contributed by atoms with Crippen LogP contribution >= 0.6 is 0 Å². The summed E-state index contributed by atoms with van der Waals surface area (Å²) in [5.74, 6) is 0. The minimum atomic E-state index is -0.854.